The molecule has 5 heteroatoms. The molecule has 1 saturated heterocycles. The van der Waals surface area contributed by atoms with Gasteiger partial charge in [-0.3, -0.25) is 0 Å². The summed E-state index contributed by atoms with van der Waals surface area (Å²) in [7, 11) is 0. The Morgan fingerprint density at radius 1 is 1.05 bits per heavy atom. The Morgan fingerprint density at radius 3 is 2.41 bits per heavy atom. The Balaban J connectivity index is 0.00000176. The Kier molecular flexibility index (Phi) is 6.52. The van der Waals surface area contributed by atoms with Crippen molar-refractivity contribution in [3.63, 3.8) is 0 Å². The van der Waals surface area contributed by atoms with Gasteiger partial charge >= 0.3 is 6.03 Å². The largest absolute Gasteiger partial charge is 0.335 e. The van der Waals surface area contributed by atoms with E-state index in [4.69, 9.17) is 0 Å². The predicted octanol–water partition coefficient (Wildman–Crippen LogP) is 3.64. The van der Waals surface area contributed by atoms with Gasteiger partial charge in [-0.15, -0.1) is 12.4 Å². The maximum absolute atomic E-state index is 12.0. The van der Waals surface area contributed by atoms with Gasteiger partial charge in [-0.1, -0.05) is 31.4 Å². The molecule has 0 aromatic heterocycles. The Labute approximate surface area is 138 Å². The number of carbonyl (C=O) groups is 1. The Bertz CT molecular complexity index is 465. The third-order valence-electron chi connectivity index (χ3n) is 4.64. The summed E-state index contributed by atoms with van der Waals surface area (Å²) in [6.07, 6.45) is 7.19. The van der Waals surface area contributed by atoms with Crippen molar-refractivity contribution in [3.05, 3.63) is 29.8 Å². The highest BCUT2D eigenvalue weighted by atomic mass is 35.5. The van der Waals surface area contributed by atoms with Crippen molar-refractivity contribution in [2.75, 3.05) is 18.4 Å². The lowest BCUT2D eigenvalue weighted by molar-refractivity contribution is 0.244. The van der Waals surface area contributed by atoms with Crippen LogP contribution in [0.2, 0.25) is 0 Å². The van der Waals surface area contributed by atoms with Crippen molar-refractivity contribution in [1.82, 2.24) is 10.6 Å². The molecule has 0 spiro atoms. The minimum atomic E-state index is -0.0721. The van der Waals surface area contributed by atoms with E-state index in [1.165, 1.54) is 31.2 Å². The molecule has 1 heterocycles. The zero-order valence-corrected chi connectivity index (χ0v) is 13.8. The first kappa shape index (κ1) is 17.1. The molecule has 1 atom stereocenters. The molecule has 3 rings (SSSR count). The van der Waals surface area contributed by atoms with Gasteiger partial charge in [0, 0.05) is 18.3 Å². The van der Waals surface area contributed by atoms with E-state index in [1.807, 2.05) is 12.1 Å². The van der Waals surface area contributed by atoms with Crippen LogP contribution in [-0.2, 0) is 0 Å². The normalized spacial score (nSPS) is 21.9. The first-order valence-corrected chi connectivity index (χ1v) is 8.19. The van der Waals surface area contributed by atoms with Crippen molar-refractivity contribution in [1.29, 1.82) is 0 Å². The second-order valence-corrected chi connectivity index (χ2v) is 6.25. The van der Waals surface area contributed by atoms with Crippen LogP contribution < -0.4 is 16.0 Å². The second-order valence-electron chi connectivity index (χ2n) is 6.25. The maximum Gasteiger partial charge on any atom is 0.319 e. The van der Waals surface area contributed by atoms with Gasteiger partial charge in [0.1, 0.15) is 0 Å². The zero-order valence-electron chi connectivity index (χ0n) is 12.9. The number of carbonyl (C=O) groups excluding carboxylic acids is 1. The van der Waals surface area contributed by atoms with E-state index in [2.05, 4.69) is 28.1 Å². The van der Waals surface area contributed by atoms with E-state index in [9.17, 15) is 4.79 Å². The van der Waals surface area contributed by atoms with E-state index in [0.29, 0.717) is 12.0 Å². The van der Waals surface area contributed by atoms with Crippen molar-refractivity contribution < 1.29 is 4.79 Å². The fourth-order valence-corrected chi connectivity index (χ4v) is 3.38. The van der Waals surface area contributed by atoms with Crippen molar-refractivity contribution in [2.45, 2.75) is 50.5 Å². The number of halogens is 1. The monoisotopic (exact) mass is 323 g/mol. The molecule has 22 heavy (non-hydrogen) atoms. The smallest absolute Gasteiger partial charge is 0.319 e. The van der Waals surface area contributed by atoms with Crippen LogP contribution in [0.5, 0.6) is 0 Å². The molecule has 1 aromatic carbocycles. The molecule has 4 nitrogen and oxygen atoms in total. The van der Waals surface area contributed by atoms with Crippen LogP contribution in [0.3, 0.4) is 0 Å². The van der Waals surface area contributed by atoms with Gasteiger partial charge in [0.2, 0.25) is 0 Å². The molecule has 2 amide bonds. The van der Waals surface area contributed by atoms with Crippen LogP contribution >= 0.6 is 12.4 Å². The second kappa shape index (κ2) is 8.39. The lowest BCUT2D eigenvalue weighted by atomic mass is 9.96. The van der Waals surface area contributed by atoms with Crippen LogP contribution in [0, 0.1) is 0 Å². The molecular formula is C17H26ClN3O. The van der Waals surface area contributed by atoms with Crippen molar-refractivity contribution >= 4 is 24.1 Å². The summed E-state index contributed by atoms with van der Waals surface area (Å²) >= 11 is 0. The van der Waals surface area contributed by atoms with Gasteiger partial charge < -0.3 is 16.0 Å². The SMILES string of the molecule is Cl.O=C(Nc1ccc(C2CCNC2)cc1)NC1CCCCC1. The van der Waals surface area contributed by atoms with Gasteiger partial charge in [0.15, 0.2) is 0 Å². The summed E-state index contributed by atoms with van der Waals surface area (Å²) in [5.74, 6) is 0.620. The molecule has 1 saturated carbocycles. The number of nitrogens with one attached hydrogen (secondary N) is 3. The molecule has 122 valence electrons. The summed E-state index contributed by atoms with van der Waals surface area (Å²) in [5, 5.41) is 9.40. The molecular weight excluding hydrogens is 298 g/mol. The van der Waals surface area contributed by atoms with Gasteiger partial charge in [0.25, 0.3) is 0 Å². The highest BCUT2D eigenvalue weighted by molar-refractivity contribution is 5.89. The lowest BCUT2D eigenvalue weighted by Crippen LogP contribution is -2.39. The average molecular weight is 324 g/mol. The topological polar surface area (TPSA) is 53.2 Å². The van der Waals surface area contributed by atoms with E-state index >= 15 is 0 Å². The fraction of sp³-hybridized carbons (Fsp3) is 0.588. The molecule has 1 unspecified atom stereocenters. The van der Waals surface area contributed by atoms with Gasteiger partial charge in [-0.2, -0.15) is 0 Å². The minimum absolute atomic E-state index is 0. The highest BCUT2D eigenvalue weighted by Crippen LogP contribution is 2.23. The lowest BCUT2D eigenvalue weighted by Gasteiger charge is -2.22. The molecule has 1 aliphatic heterocycles. The summed E-state index contributed by atoms with van der Waals surface area (Å²) in [4.78, 5) is 12.0. The van der Waals surface area contributed by atoms with Crippen LogP contribution in [-0.4, -0.2) is 25.2 Å². The number of rotatable bonds is 3. The van der Waals surface area contributed by atoms with Gasteiger partial charge in [0.05, 0.1) is 0 Å². The van der Waals surface area contributed by atoms with E-state index in [-0.39, 0.29) is 18.4 Å². The van der Waals surface area contributed by atoms with Crippen molar-refractivity contribution in [3.8, 4) is 0 Å². The average Bonchev–Trinajstić information content (AvgIpc) is 3.03. The summed E-state index contributed by atoms with van der Waals surface area (Å²) in [5.41, 5.74) is 2.23. The molecule has 3 N–H and O–H groups in total. The minimum Gasteiger partial charge on any atom is -0.335 e. The van der Waals surface area contributed by atoms with Crippen molar-refractivity contribution in [2.24, 2.45) is 0 Å². The molecule has 0 bridgehead atoms. The van der Waals surface area contributed by atoms with Crippen LogP contribution in [0.4, 0.5) is 10.5 Å². The van der Waals surface area contributed by atoms with Gasteiger partial charge in [-0.05, 0) is 49.4 Å². The van der Waals surface area contributed by atoms with E-state index < -0.39 is 0 Å². The number of amides is 2. The molecule has 2 fully saturated rings. The molecule has 2 aliphatic rings. The number of anilines is 1. The first-order chi connectivity index (χ1) is 10.3. The maximum atomic E-state index is 12.0. The summed E-state index contributed by atoms with van der Waals surface area (Å²) in [6.45, 7) is 2.17. The van der Waals surface area contributed by atoms with Crippen LogP contribution in [0.25, 0.3) is 0 Å². The van der Waals surface area contributed by atoms with Crippen LogP contribution in [0.15, 0.2) is 24.3 Å². The number of hydrogen-bond acceptors (Lipinski definition) is 2. The van der Waals surface area contributed by atoms with E-state index in [0.717, 1.165) is 31.6 Å². The van der Waals surface area contributed by atoms with Crippen LogP contribution in [0.1, 0.15) is 50.0 Å². The molecule has 1 aromatic rings. The first-order valence-electron chi connectivity index (χ1n) is 8.19. The quantitative estimate of drug-likeness (QED) is 0.795. The predicted molar refractivity (Wildman–Crippen MR) is 92.9 cm³/mol. The zero-order chi connectivity index (χ0) is 14.5. The third-order valence-corrected chi connectivity index (χ3v) is 4.64. The number of benzene rings is 1. The fourth-order valence-electron chi connectivity index (χ4n) is 3.38. The third kappa shape index (κ3) is 4.62. The van der Waals surface area contributed by atoms with E-state index in [1.54, 1.807) is 0 Å². The molecule has 1 aliphatic carbocycles. The Hall–Kier alpha value is -1.26. The summed E-state index contributed by atoms with van der Waals surface area (Å²) < 4.78 is 0. The highest BCUT2D eigenvalue weighted by Gasteiger charge is 2.17. The molecule has 0 radical (unpaired) electrons. The summed E-state index contributed by atoms with van der Waals surface area (Å²) in [6, 6.07) is 8.56. The standard InChI is InChI=1S/C17H25N3O.ClH/c21-17(19-15-4-2-1-3-5-15)20-16-8-6-13(7-9-16)14-10-11-18-12-14;/h6-9,14-15,18H,1-5,10-12H2,(H2,19,20,21);1H. The number of urea groups is 1. The Morgan fingerprint density at radius 2 is 1.77 bits per heavy atom. The van der Waals surface area contributed by atoms with Gasteiger partial charge in [-0.25, -0.2) is 4.79 Å². The number of hydrogen-bond donors (Lipinski definition) is 3.